The minimum Gasteiger partial charge on any atom is -0.351 e. The van der Waals surface area contributed by atoms with E-state index in [1.807, 2.05) is 42.5 Å². The Morgan fingerprint density at radius 1 is 1.00 bits per heavy atom. The molecule has 0 bridgehead atoms. The van der Waals surface area contributed by atoms with E-state index in [1.54, 1.807) is 25.5 Å². The van der Waals surface area contributed by atoms with E-state index >= 15 is 0 Å². The first kappa shape index (κ1) is 18.9. The van der Waals surface area contributed by atoms with Crippen LogP contribution >= 0.6 is 0 Å². The van der Waals surface area contributed by atoms with Crippen molar-refractivity contribution < 1.29 is 9.32 Å². The van der Waals surface area contributed by atoms with Gasteiger partial charge in [-0.3, -0.25) is 14.8 Å². The third-order valence-electron chi connectivity index (χ3n) is 5.15. The van der Waals surface area contributed by atoms with Gasteiger partial charge in [-0.25, -0.2) is 0 Å². The molecule has 0 fully saturated rings. The lowest BCUT2D eigenvalue weighted by atomic mass is 10.0. The normalized spacial score (nSPS) is 11.1. The monoisotopic (exact) mass is 409 g/mol. The lowest BCUT2D eigenvalue weighted by Gasteiger charge is -2.05. The standard InChI is InChI=1S/C24H19N5O2/c1-15-27-24(31-29-15)22-14-19-12-17(3-4-20(19)28-22)18-8-11-26-21(13-18)23(30)5-2-16-6-9-25-10-7-16/h3-4,6-14,28H,2,5H2,1H3. The Kier molecular flexibility index (Phi) is 4.84. The maximum absolute atomic E-state index is 12.7. The number of aromatic nitrogens is 5. The topological polar surface area (TPSA) is 97.6 Å². The van der Waals surface area contributed by atoms with Crippen LogP contribution in [0.4, 0.5) is 0 Å². The Labute approximate surface area is 178 Å². The fourth-order valence-corrected chi connectivity index (χ4v) is 3.53. The molecule has 1 N–H and O–H groups in total. The van der Waals surface area contributed by atoms with Crippen LogP contribution in [-0.2, 0) is 6.42 Å². The Hall–Kier alpha value is -4.13. The lowest BCUT2D eigenvalue weighted by Crippen LogP contribution is -2.04. The van der Waals surface area contributed by atoms with Crippen molar-refractivity contribution in [1.29, 1.82) is 0 Å². The molecule has 0 aliphatic carbocycles. The van der Waals surface area contributed by atoms with Crippen LogP contribution in [0, 0.1) is 6.92 Å². The number of H-pyrrole nitrogens is 1. The van der Waals surface area contributed by atoms with E-state index < -0.39 is 0 Å². The van der Waals surface area contributed by atoms with Crippen molar-refractivity contribution in [2.24, 2.45) is 0 Å². The van der Waals surface area contributed by atoms with Gasteiger partial charge in [-0.15, -0.1) is 0 Å². The van der Waals surface area contributed by atoms with E-state index in [1.165, 1.54) is 0 Å². The number of nitrogens with zero attached hydrogens (tertiary/aromatic N) is 4. The predicted molar refractivity (Wildman–Crippen MR) is 116 cm³/mol. The molecule has 7 heteroatoms. The summed E-state index contributed by atoms with van der Waals surface area (Å²) < 4.78 is 5.25. The Bertz CT molecular complexity index is 1370. The van der Waals surface area contributed by atoms with Gasteiger partial charge in [-0.2, -0.15) is 4.98 Å². The number of nitrogens with one attached hydrogen (secondary N) is 1. The quantitative estimate of drug-likeness (QED) is 0.405. The molecule has 0 aliphatic rings. The molecule has 0 aliphatic heterocycles. The zero-order chi connectivity index (χ0) is 21.2. The highest BCUT2D eigenvalue weighted by Gasteiger charge is 2.12. The average Bonchev–Trinajstić information content (AvgIpc) is 3.43. The van der Waals surface area contributed by atoms with Crippen molar-refractivity contribution in [1.82, 2.24) is 25.1 Å². The zero-order valence-corrected chi connectivity index (χ0v) is 16.9. The van der Waals surface area contributed by atoms with Crippen LogP contribution in [-0.4, -0.2) is 30.9 Å². The third-order valence-corrected chi connectivity index (χ3v) is 5.15. The number of benzene rings is 1. The number of Topliss-reactive ketones (excluding diaryl/α,β-unsaturated/α-hetero) is 1. The molecule has 5 aromatic rings. The van der Waals surface area contributed by atoms with Crippen molar-refractivity contribution in [2.45, 2.75) is 19.8 Å². The molecule has 0 unspecified atom stereocenters. The van der Waals surface area contributed by atoms with Crippen LogP contribution in [0.15, 0.2) is 71.6 Å². The highest BCUT2D eigenvalue weighted by atomic mass is 16.5. The number of rotatable bonds is 6. The number of carbonyl (C=O) groups excluding carboxylic acids is 1. The van der Waals surface area contributed by atoms with Gasteiger partial charge >= 0.3 is 0 Å². The number of fused-ring (bicyclic) bond motifs is 1. The number of hydrogen-bond acceptors (Lipinski definition) is 6. The number of pyridine rings is 2. The first-order valence-corrected chi connectivity index (χ1v) is 9.98. The van der Waals surface area contributed by atoms with E-state index in [0.29, 0.717) is 30.3 Å². The van der Waals surface area contributed by atoms with Crippen LogP contribution in [0.25, 0.3) is 33.6 Å². The third kappa shape index (κ3) is 3.98. The molecule has 0 amide bonds. The summed E-state index contributed by atoms with van der Waals surface area (Å²) in [6.45, 7) is 1.78. The molecule has 4 aromatic heterocycles. The van der Waals surface area contributed by atoms with Crippen LogP contribution in [0.1, 0.15) is 28.3 Å². The fraction of sp³-hybridized carbons (Fsp3) is 0.125. The van der Waals surface area contributed by atoms with E-state index in [4.69, 9.17) is 4.52 Å². The summed E-state index contributed by atoms with van der Waals surface area (Å²) in [5.74, 6) is 1.07. The Morgan fingerprint density at radius 3 is 2.65 bits per heavy atom. The summed E-state index contributed by atoms with van der Waals surface area (Å²) in [4.78, 5) is 28.5. The van der Waals surface area contributed by atoms with Crippen molar-refractivity contribution in [2.75, 3.05) is 0 Å². The van der Waals surface area contributed by atoms with E-state index in [2.05, 4.69) is 31.2 Å². The van der Waals surface area contributed by atoms with E-state index in [9.17, 15) is 4.79 Å². The molecule has 7 nitrogen and oxygen atoms in total. The van der Waals surface area contributed by atoms with Gasteiger partial charge in [-0.1, -0.05) is 11.2 Å². The van der Waals surface area contributed by atoms with Crippen LogP contribution < -0.4 is 0 Å². The summed E-state index contributed by atoms with van der Waals surface area (Å²) >= 11 is 0. The van der Waals surface area contributed by atoms with Gasteiger partial charge in [0.15, 0.2) is 11.6 Å². The summed E-state index contributed by atoms with van der Waals surface area (Å²) in [6, 6.07) is 15.7. The number of ketones is 1. The first-order valence-electron chi connectivity index (χ1n) is 9.98. The lowest BCUT2D eigenvalue weighted by molar-refractivity contribution is 0.0978. The van der Waals surface area contributed by atoms with Crippen LogP contribution in [0.5, 0.6) is 0 Å². The maximum Gasteiger partial charge on any atom is 0.274 e. The van der Waals surface area contributed by atoms with Gasteiger partial charge in [0.25, 0.3) is 5.89 Å². The highest BCUT2D eigenvalue weighted by Crippen LogP contribution is 2.28. The van der Waals surface area contributed by atoms with Gasteiger partial charge in [0.05, 0.1) is 0 Å². The molecule has 0 spiro atoms. The molecule has 4 heterocycles. The molecule has 5 rings (SSSR count). The van der Waals surface area contributed by atoms with Gasteiger partial charge in [-0.05, 0) is 72.5 Å². The van der Waals surface area contributed by atoms with Crippen LogP contribution in [0.3, 0.4) is 0 Å². The highest BCUT2D eigenvalue weighted by molar-refractivity contribution is 5.96. The van der Waals surface area contributed by atoms with Crippen molar-refractivity contribution in [3.8, 4) is 22.7 Å². The summed E-state index contributed by atoms with van der Waals surface area (Å²) in [6.07, 6.45) is 6.23. The second-order valence-electron chi connectivity index (χ2n) is 7.34. The minimum absolute atomic E-state index is 0.0236. The second-order valence-corrected chi connectivity index (χ2v) is 7.34. The fourth-order valence-electron chi connectivity index (χ4n) is 3.53. The van der Waals surface area contributed by atoms with E-state index in [0.717, 1.165) is 33.3 Å². The molecule has 0 atom stereocenters. The molecule has 1 aromatic carbocycles. The molecular formula is C24H19N5O2. The molecule has 152 valence electrons. The molecular weight excluding hydrogens is 390 g/mol. The SMILES string of the molecule is Cc1noc(-c2cc3cc(-c4ccnc(C(=O)CCc5ccncc5)c4)ccc3[nH]2)n1. The molecule has 31 heavy (non-hydrogen) atoms. The van der Waals surface area contributed by atoms with Gasteiger partial charge < -0.3 is 9.51 Å². The van der Waals surface area contributed by atoms with Gasteiger partial charge in [0.1, 0.15) is 11.4 Å². The first-order chi connectivity index (χ1) is 15.2. The second kappa shape index (κ2) is 7.95. The molecule has 0 saturated carbocycles. The smallest absolute Gasteiger partial charge is 0.274 e. The summed E-state index contributed by atoms with van der Waals surface area (Å²) in [7, 11) is 0. The zero-order valence-electron chi connectivity index (χ0n) is 16.9. The maximum atomic E-state index is 12.7. The van der Waals surface area contributed by atoms with Gasteiger partial charge in [0, 0.05) is 35.9 Å². The average molecular weight is 409 g/mol. The number of aromatic amines is 1. The Morgan fingerprint density at radius 2 is 1.84 bits per heavy atom. The van der Waals surface area contributed by atoms with Crippen molar-refractivity contribution >= 4 is 16.7 Å². The van der Waals surface area contributed by atoms with Crippen LogP contribution in [0.2, 0.25) is 0 Å². The minimum atomic E-state index is 0.0236. The Balaban J connectivity index is 1.39. The van der Waals surface area contributed by atoms with Crippen molar-refractivity contribution in [3.05, 3.63) is 84.2 Å². The molecule has 0 saturated heterocycles. The molecule has 0 radical (unpaired) electrons. The summed E-state index contributed by atoms with van der Waals surface area (Å²) in [5, 5.41) is 4.86. The number of aryl methyl sites for hydroxylation is 2. The largest absolute Gasteiger partial charge is 0.351 e. The van der Waals surface area contributed by atoms with Gasteiger partial charge in [0.2, 0.25) is 0 Å². The number of hydrogen-bond donors (Lipinski definition) is 1. The summed E-state index contributed by atoms with van der Waals surface area (Å²) in [5.41, 5.74) is 5.25. The van der Waals surface area contributed by atoms with E-state index in [-0.39, 0.29) is 5.78 Å². The van der Waals surface area contributed by atoms with Crippen molar-refractivity contribution in [3.63, 3.8) is 0 Å². The number of carbonyl (C=O) groups is 1. The predicted octanol–water partition coefficient (Wildman–Crippen LogP) is 4.80.